The predicted molar refractivity (Wildman–Crippen MR) is 71.5 cm³/mol. The molecule has 0 spiro atoms. The molecule has 88 valence electrons. The van der Waals surface area contributed by atoms with Crippen LogP contribution in [0.15, 0.2) is 36.9 Å². The van der Waals surface area contributed by atoms with E-state index in [0.29, 0.717) is 0 Å². The highest BCUT2D eigenvalue weighted by Crippen LogP contribution is 2.24. The molecular formula is C15H23N. The maximum atomic E-state index is 6.09. The van der Waals surface area contributed by atoms with Crippen molar-refractivity contribution in [2.45, 2.75) is 45.1 Å². The third-order valence-corrected chi connectivity index (χ3v) is 2.89. The first-order valence-corrected chi connectivity index (χ1v) is 5.92. The molecule has 1 rings (SSSR count). The molecule has 0 amide bonds. The molecule has 0 heterocycles. The molecule has 1 aromatic carbocycles. The molecule has 0 aliphatic rings. The van der Waals surface area contributed by atoms with Gasteiger partial charge in [-0.15, -0.1) is 6.58 Å². The number of nitrogens with two attached hydrogens (primary N) is 1. The molecule has 0 saturated heterocycles. The van der Waals surface area contributed by atoms with Crippen LogP contribution in [0.5, 0.6) is 0 Å². The third kappa shape index (κ3) is 3.49. The molecule has 0 aliphatic heterocycles. The molecular weight excluding hydrogens is 194 g/mol. The number of rotatable bonds is 4. The van der Waals surface area contributed by atoms with Gasteiger partial charge in [0.15, 0.2) is 0 Å². The monoisotopic (exact) mass is 217 g/mol. The molecule has 2 N–H and O–H groups in total. The largest absolute Gasteiger partial charge is 0.324 e. The Kier molecular flexibility index (Phi) is 4.31. The highest BCUT2D eigenvalue weighted by atomic mass is 14.6. The van der Waals surface area contributed by atoms with Gasteiger partial charge >= 0.3 is 0 Å². The summed E-state index contributed by atoms with van der Waals surface area (Å²) in [6.45, 7) is 10.4. The van der Waals surface area contributed by atoms with Crippen molar-refractivity contribution < 1.29 is 0 Å². The van der Waals surface area contributed by atoms with Gasteiger partial charge < -0.3 is 5.73 Å². The minimum absolute atomic E-state index is 0.131. The first-order valence-electron chi connectivity index (χ1n) is 5.92. The van der Waals surface area contributed by atoms with E-state index in [-0.39, 0.29) is 11.5 Å². The zero-order valence-corrected chi connectivity index (χ0v) is 10.7. The van der Waals surface area contributed by atoms with E-state index in [1.807, 2.05) is 6.08 Å². The van der Waals surface area contributed by atoms with E-state index in [1.165, 1.54) is 11.1 Å². The smallest absolute Gasteiger partial charge is 0.0297 e. The fraction of sp³-hybridized carbons (Fsp3) is 0.467. The number of hydrogen-bond donors (Lipinski definition) is 1. The van der Waals surface area contributed by atoms with Crippen LogP contribution in [0.4, 0.5) is 0 Å². The second-order valence-electron chi connectivity index (χ2n) is 5.34. The molecule has 1 aromatic rings. The highest BCUT2D eigenvalue weighted by Gasteiger charge is 2.13. The Morgan fingerprint density at radius 3 is 2.25 bits per heavy atom. The van der Waals surface area contributed by atoms with Crippen LogP contribution in [0.1, 0.15) is 50.8 Å². The SMILES string of the molecule is C=CCC[C@@H](N)c1ccc(C(C)(C)C)cc1. The van der Waals surface area contributed by atoms with Gasteiger partial charge in [0.25, 0.3) is 0 Å². The summed E-state index contributed by atoms with van der Waals surface area (Å²) in [5.74, 6) is 0. The van der Waals surface area contributed by atoms with Crippen molar-refractivity contribution in [2.24, 2.45) is 5.73 Å². The van der Waals surface area contributed by atoms with E-state index in [1.54, 1.807) is 0 Å². The summed E-state index contributed by atoms with van der Waals surface area (Å²) in [4.78, 5) is 0. The average Bonchev–Trinajstić information content (AvgIpc) is 2.25. The van der Waals surface area contributed by atoms with Gasteiger partial charge in [-0.2, -0.15) is 0 Å². The lowest BCUT2D eigenvalue weighted by atomic mass is 9.86. The summed E-state index contributed by atoms with van der Waals surface area (Å²) >= 11 is 0. The number of benzene rings is 1. The van der Waals surface area contributed by atoms with Gasteiger partial charge in [-0.05, 0) is 29.4 Å². The second kappa shape index (κ2) is 5.31. The summed E-state index contributed by atoms with van der Waals surface area (Å²) in [7, 11) is 0. The van der Waals surface area contributed by atoms with Gasteiger partial charge in [0, 0.05) is 6.04 Å². The normalized spacial score (nSPS) is 13.5. The van der Waals surface area contributed by atoms with Gasteiger partial charge in [-0.1, -0.05) is 51.1 Å². The number of allylic oxidation sites excluding steroid dienone is 1. The summed E-state index contributed by atoms with van der Waals surface area (Å²) in [6, 6.07) is 8.79. The van der Waals surface area contributed by atoms with E-state index in [4.69, 9.17) is 5.73 Å². The van der Waals surface area contributed by atoms with E-state index < -0.39 is 0 Å². The van der Waals surface area contributed by atoms with Crippen LogP contribution >= 0.6 is 0 Å². The maximum absolute atomic E-state index is 6.09. The summed E-state index contributed by atoms with van der Waals surface area (Å²) in [6.07, 6.45) is 3.87. The molecule has 0 aliphatic carbocycles. The molecule has 0 bridgehead atoms. The van der Waals surface area contributed by atoms with E-state index >= 15 is 0 Å². The van der Waals surface area contributed by atoms with Crippen LogP contribution < -0.4 is 5.73 Å². The molecule has 0 saturated carbocycles. The fourth-order valence-electron chi connectivity index (χ4n) is 1.69. The van der Waals surface area contributed by atoms with Crippen LogP contribution in [0.25, 0.3) is 0 Å². The van der Waals surface area contributed by atoms with E-state index in [2.05, 4.69) is 51.6 Å². The predicted octanol–water partition coefficient (Wildman–Crippen LogP) is 3.95. The van der Waals surface area contributed by atoms with E-state index in [9.17, 15) is 0 Å². The lowest BCUT2D eigenvalue weighted by molar-refractivity contribution is 0.588. The van der Waals surface area contributed by atoms with Crippen LogP contribution in [0.2, 0.25) is 0 Å². The summed E-state index contributed by atoms with van der Waals surface area (Å²) in [5, 5.41) is 0. The lowest BCUT2D eigenvalue weighted by Crippen LogP contribution is -2.13. The number of hydrogen-bond acceptors (Lipinski definition) is 1. The van der Waals surface area contributed by atoms with Crippen LogP contribution in [-0.4, -0.2) is 0 Å². The van der Waals surface area contributed by atoms with Crippen LogP contribution in [-0.2, 0) is 5.41 Å². The van der Waals surface area contributed by atoms with Crippen molar-refractivity contribution in [3.8, 4) is 0 Å². The van der Waals surface area contributed by atoms with Gasteiger partial charge in [0.1, 0.15) is 0 Å². The van der Waals surface area contributed by atoms with Gasteiger partial charge in [0.2, 0.25) is 0 Å². The fourth-order valence-corrected chi connectivity index (χ4v) is 1.69. The Labute approximate surface area is 99.4 Å². The zero-order valence-electron chi connectivity index (χ0n) is 10.7. The molecule has 1 nitrogen and oxygen atoms in total. The van der Waals surface area contributed by atoms with Gasteiger partial charge in [-0.25, -0.2) is 0 Å². The standard InChI is InChI=1S/C15H23N/c1-5-6-7-14(16)12-8-10-13(11-9-12)15(2,3)4/h5,8-11,14H,1,6-7,16H2,2-4H3/t14-/m1/s1. The molecule has 0 unspecified atom stereocenters. The Balaban J connectivity index is 2.74. The average molecular weight is 217 g/mol. The molecule has 1 heteroatoms. The quantitative estimate of drug-likeness (QED) is 0.759. The third-order valence-electron chi connectivity index (χ3n) is 2.89. The van der Waals surface area contributed by atoms with Gasteiger partial charge in [0.05, 0.1) is 0 Å². The molecule has 0 aromatic heterocycles. The highest BCUT2D eigenvalue weighted by molar-refractivity contribution is 5.29. The van der Waals surface area contributed by atoms with Crippen molar-refractivity contribution in [2.75, 3.05) is 0 Å². The van der Waals surface area contributed by atoms with Crippen molar-refractivity contribution >= 4 is 0 Å². The lowest BCUT2D eigenvalue weighted by Gasteiger charge is -2.20. The van der Waals surface area contributed by atoms with Crippen LogP contribution in [0, 0.1) is 0 Å². The molecule has 0 fully saturated rings. The minimum Gasteiger partial charge on any atom is -0.324 e. The Morgan fingerprint density at radius 1 is 1.25 bits per heavy atom. The molecule has 16 heavy (non-hydrogen) atoms. The van der Waals surface area contributed by atoms with Crippen molar-refractivity contribution in [3.63, 3.8) is 0 Å². The topological polar surface area (TPSA) is 26.0 Å². The minimum atomic E-state index is 0.131. The van der Waals surface area contributed by atoms with E-state index in [0.717, 1.165) is 12.8 Å². The Hall–Kier alpha value is -1.08. The van der Waals surface area contributed by atoms with Crippen molar-refractivity contribution in [3.05, 3.63) is 48.0 Å². The second-order valence-corrected chi connectivity index (χ2v) is 5.34. The van der Waals surface area contributed by atoms with Crippen LogP contribution in [0.3, 0.4) is 0 Å². The Bertz CT molecular complexity index is 329. The molecule has 1 atom stereocenters. The maximum Gasteiger partial charge on any atom is 0.0297 e. The van der Waals surface area contributed by atoms with Crippen molar-refractivity contribution in [1.29, 1.82) is 0 Å². The summed E-state index contributed by atoms with van der Waals surface area (Å²) < 4.78 is 0. The van der Waals surface area contributed by atoms with Gasteiger partial charge in [-0.3, -0.25) is 0 Å². The first kappa shape index (κ1) is 13.0. The Morgan fingerprint density at radius 2 is 1.81 bits per heavy atom. The van der Waals surface area contributed by atoms with Crippen molar-refractivity contribution in [1.82, 2.24) is 0 Å². The zero-order chi connectivity index (χ0) is 12.2. The first-order chi connectivity index (χ1) is 7.45. The summed E-state index contributed by atoms with van der Waals surface area (Å²) in [5.41, 5.74) is 8.88. The molecule has 0 radical (unpaired) electrons.